The van der Waals surface area contributed by atoms with E-state index in [0.29, 0.717) is 12.8 Å². The first-order valence-corrected chi connectivity index (χ1v) is 7.48. The zero-order valence-corrected chi connectivity index (χ0v) is 13.0. The second-order valence-corrected chi connectivity index (χ2v) is 5.26. The third kappa shape index (κ3) is 4.98. The highest BCUT2D eigenvalue weighted by atomic mass is 16.5. The Kier molecular flexibility index (Phi) is 5.56. The Morgan fingerprint density at radius 2 is 1.83 bits per heavy atom. The number of alkyl carbamates (subject to hydrolysis) is 1. The summed E-state index contributed by atoms with van der Waals surface area (Å²) in [7, 11) is 0. The van der Waals surface area contributed by atoms with Crippen LogP contribution in [0.15, 0.2) is 30.3 Å². The van der Waals surface area contributed by atoms with Gasteiger partial charge in [-0.3, -0.25) is 9.59 Å². The predicted octanol–water partition coefficient (Wildman–Crippen LogP) is 1.12. The van der Waals surface area contributed by atoms with Gasteiger partial charge in [-0.15, -0.1) is 0 Å². The minimum absolute atomic E-state index is 0.132. The molecule has 1 fully saturated rings. The molecular formula is C16H20N2O5. The molecule has 1 aromatic rings. The second kappa shape index (κ2) is 7.62. The number of nitrogens with one attached hydrogen (secondary N) is 2. The molecule has 0 aromatic heterocycles. The van der Waals surface area contributed by atoms with Crippen LogP contribution in [0, 0.1) is 0 Å². The van der Waals surface area contributed by atoms with Crippen molar-refractivity contribution < 1.29 is 23.9 Å². The molecule has 0 heterocycles. The van der Waals surface area contributed by atoms with E-state index in [2.05, 4.69) is 10.6 Å². The van der Waals surface area contributed by atoms with E-state index in [1.807, 2.05) is 30.3 Å². The Balaban J connectivity index is 1.76. The van der Waals surface area contributed by atoms with Gasteiger partial charge in [-0.25, -0.2) is 4.79 Å². The smallest absolute Gasteiger partial charge is 0.408 e. The van der Waals surface area contributed by atoms with Crippen LogP contribution in [-0.2, 0) is 25.7 Å². The second-order valence-electron chi connectivity index (χ2n) is 5.26. The van der Waals surface area contributed by atoms with Gasteiger partial charge in [-0.1, -0.05) is 30.3 Å². The van der Waals surface area contributed by atoms with E-state index < -0.39 is 23.5 Å². The van der Waals surface area contributed by atoms with Crippen molar-refractivity contribution in [1.29, 1.82) is 0 Å². The summed E-state index contributed by atoms with van der Waals surface area (Å²) in [5.74, 6) is -0.912. The van der Waals surface area contributed by atoms with Gasteiger partial charge in [0.2, 0.25) is 5.91 Å². The molecule has 0 aliphatic heterocycles. The van der Waals surface area contributed by atoms with Crippen molar-refractivity contribution in [2.24, 2.45) is 0 Å². The summed E-state index contributed by atoms with van der Waals surface area (Å²) in [6.45, 7) is 1.86. The maximum absolute atomic E-state index is 12.1. The first-order chi connectivity index (χ1) is 11.1. The average molecular weight is 320 g/mol. The molecule has 1 saturated carbocycles. The Morgan fingerprint density at radius 3 is 2.43 bits per heavy atom. The number of ether oxygens (including phenoxy) is 2. The molecule has 2 amide bonds. The topological polar surface area (TPSA) is 93.7 Å². The fourth-order valence-corrected chi connectivity index (χ4v) is 2.02. The first-order valence-electron chi connectivity index (χ1n) is 7.48. The van der Waals surface area contributed by atoms with E-state index >= 15 is 0 Å². The van der Waals surface area contributed by atoms with Crippen LogP contribution in [0.3, 0.4) is 0 Å². The summed E-state index contributed by atoms with van der Waals surface area (Å²) >= 11 is 0. The number of carbonyl (C=O) groups is 3. The highest BCUT2D eigenvalue weighted by Crippen LogP contribution is 2.35. The average Bonchev–Trinajstić information content (AvgIpc) is 3.32. The zero-order valence-electron chi connectivity index (χ0n) is 13.0. The molecule has 1 aliphatic carbocycles. The monoisotopic (exact) mass is 320 g/mol. The van der Waals surface area contributed by atoms with Crippen molar-refractivity contribution >= 4 is 18.0 Å². The zero-order chi connectivity index (χ0) is 16.7. The number of rotatable bonds is 7. The fourth-order valence-electron chi connectivity index (χ4n) is 2.02. The van der Waals surface area contributed by atoms with E-state index in [0.717, 1.165) is 5.56 Å². The van der Waals surface area contributed by atoms with Gasteiger partial charge in [0.1, 0.15) is 18.7 Å². The highest BCUT2D eigenvalue weighted by molar-refractivity contribution is 5.94. The summed E-state index contributed by atoms with van der Waals surface area (Å²) in [4.78, 5) is 35.1. The van der Waals surface area contributed by atoms with E-state index in [-0.39, 0.29) is 19.8 Å². The predicted molar refractivity (Wildman–Crippen MR) is 81.4 cm³/mol. The molecule has 7 heteroatoms. The molecule has 0 bridgehead atoms. The van der Waals surface area contributed by atoms with Gasteiger partial charge in [0.15, 0.2) is 0 Å². The lowest BCUT2D eigenvalue weighted by Crippen LogP contribution is -2.50. The third-order valence-electron chi connectivity index (χ3n) is 3.44. The van der Waals surface area contributed by atoms with Crippen LogP contribution in [0.25, 0.3) is 0 Å². The van der Waals surface area contributed by atoms with Gasteiger partial charge in [0.05, 0.1) is 6.61 Å². The lowest BCUT2D eigenvalue weighted by Gasteiger charge is -2.16. The SMILES string of the molecule is CCOC(=O)CNC(=O)C1(NC(=O)OCc2ccccc2)CC1. The molecular weight excluding hydrogens is 300 g/mol. The standard InChI is InChI=1S/C16H20N2O5/c1-2-22-13(19)10-17-14(20)16(8-9-16)18-15(21)23-11-12-6-4-3-5-7-12/h3-7H,2,8-11H2,1H3,(H,17,20)(H,18,21). The van der Waals surface area contributed by atoms with Gasteiger partial charge < -0.3 is 20.1 Å². The van der Waals surface area contributed by atoms with Gasteiger partial charge in [0.25, 0.3) is 0 Å². The summed E-state index contributed by atoms with van der Waals surface area (Å²) in [5.41, 5.74) is -0.112. The molecule has 2 N–H and O–H groups in total. The minimum atomic E-state index is -0.972. The Morgan fingerprint density at radius 1 is 1.13 bits per heavy atom. The normalized spacial score (nSPS) is 14.5. The lowest BCUT2D eigenvalue weighted by molar-refractivity contribution is -0.143. The molecule has 0 atom stereocenters. The van der Waals surface area contributed by atoms with Crippen LogP contribution < -0.4 is 10.6 Å². The number of esters is 1. The van der Waals surface area contributed by atoms with Crippen molar-refractivity contribution in [3.63, 3.8) is 0 Å². The number of hydrogen-bond donors (Lipinski definition) is 2. The van der Waals surface area contributed by atoms with E-state index in [1.54, 1.807) is 6.92 Å². The number of hydrogen-bond acceptors (Lipinski definition) is 5. The molecule has 1 aliphatic rings. The van der Waals surface area contributed by atoms with Gasteiger partial charge >= 0.3 is 12.1 Å². The van der Waals surface area contributed by atoms with Crippen molar-refractivity contribution in [2.75, 3.05) is 13.2 Å². The molecule has 0 spiro atoms. The summed E-state index contributed by atoms with van der Waals surface area (Å²) in [6, 6.07) is 9.25. The summed E-state index contributed by atoms with van der Waals surface area (Å²) in [6.07, 6.45) is 0.377. The highest BCUT2D eigenvalue weighted by Gasteiger charge is 2.51. The maximum atomic E-state index is 12.1. The maximum Gasteiger partial charge on any atom is 0.408 e. The third-order valence-corrected chi connectivity index (χ3v) is 3.44. The fraction of sp³-hybridized carbons (Fsp3) is 0.438. The van der Waals surface area contributed by atoms with Crippen LogP contribution in [0.4, 0.5) is 4.79 Å². The molecule has 0 saturated heterocycles. The van der Waals surface area contributed by atoms with Crippen molar-refractivity contribution in [3.8, 4) is 0 Å². The van der Waals surface area contributed by atoms with Gasteiger partial charge in [-0.05, 0) is 25.3 Å². The van der Waals surface area contributed by atoms with Crippen molar-refractivity contribution in [3.05, 3.63) is 35.9 Å². The summed E-state index contributed by atoms with van der Waals surface area (Å²) < 4.78 is 9.82. The molecule has 7 nitrogen and oxygen atoms in total. The molecule has 23 heavy (non-hydrogen) atoms. The molecule has 0 radical (unpaired) electrons. The van der Waals surface area contributed by atoms with E-state index in [1.165, 1.54) is 0 Å². The molecule has 124 valence electrons. The molecule has 2 rings (SSSR count). The number of carbonyl (C=O) groups excluding carboxylic acids is 3. The Hall–Kier alpha value is -2.57. The first kappa shape index (κ1) is 16.8. The van der Waals surface area contributed by atoms with Crippen LogP contribution >= 0.6 is 0 Å². The molecule has 0 unspecified atom stereocenters. The number of benzene rings is 1. The lowest BCUT2D eigenvalue weighted by atomic mass is 10.2. The quantitative estimate of drug-likeness (QED) is 0.734. The minimum Gasteiger partial charge on any atom is -0.465 e. The van der Waals surface area contributed by atoms with E-state index in [9.17, 15) is 14.4 Å². The number of amides is 2. The van der Waals surface area contributed by atoms with Gasteiger partial charge in [-0.2, -0.15) is 0 Å². The van der Waals surface area contributed by atoms with Gasteiger partial charge in [0, 0.05) is 0 Å². The van der Waals surface area contributed by atoms with Crippen LogP contribution in [0.1, 0.15) is 25.3 Å². The Bertz CT molecular complexity index is 569. The van der Waals surface area contributed by atoms with Crippen LogP contribution in [-0.4, -0.2) is 36.7 Å². The van der Waals surface area contributed by atoms with E-state index in [4.69, 9.17) is 9.47 Å². The largest absolute Gasteiger partial charge is 0.465 e. The molecule has 1 aromatic carbocycles. The summed E-state index contributed by atoms with van der Waals surface area (Å²) in [5, 5.41) is 5.03. The Labute approximate surface area is 134 Å². The van der Waals surface area contributed by atoms with Crippen molar-refractivity contribution in [1.82, 2.24) is 10.6 Å². The van der Waals surface area contributed by atoms with Crippen molar-refractivity contribution in [2.45, 2.75) is 31.9 Å². The van der Waals surface area contributed by atoms with Crippen LogP contribution in [0.2, 0.25) is 0 Å². The van der Waals surface area contributed by atoms with Crippen LogP contribution in [0.5, 0.6) is 0 Å².